The van der Waals surface area contributed by atoms with Crippen LogP contribution in [0.4, 0.5) is 11.4 Å². The standard InChI is InChI=1S/C29H28N4O3/c1-36-29(35)20-12-14-26-24(17-20)31-27(33(26)21-9-5-6-10-21)19-11-13-22-23(16-19)32-28(34)25(30-22)15-18-7-3-2-4-8-18/h2-4,7-8,11-14,16-17,21,25,30H,5-6,9-10,15H2,1H3,(H,32,34)/t25-/m0/s1. The zero-order valence-corrected chi connectivity index (χ0v) is 20.2. The molecule has 1 aliphatic carbocycles. The summed E-state index contributed by atoms with van der Waals surface area (Å²) in [6.07, 6.45) is 5.20. The van der Waals surface area contributed by atoms with E-state index in [-0.39, 0.29) is 17.9 Å². The van der Waals surface area contributed by atoms with Crippen LogP contribution in [0.3, 0.4) is 0 Å². The van der Waals surface area contributed by atoms with Crippen molar-refractivity contribution in [2.24, 2.45) is 0 Å². The van der Waals surface area contributed by atoms with Crippen molar-refractivity contribution < 1.29 is 14.3 Å². The molecule has 2 aliphatic rings. The number of imidazole rings is 1. The minimum absolute atomic E-state index is 0.0458. The Hall–Kier alpha value is -4.13. The number of methoxy groups -OCH3 is 1. The number of nitrogens with zero attached hydrogens (tertiary/aromatic N) is 2. The van der Waals surface area contributed by atoms with E-state index in [1.165, 1.54) is 20.0 Å². The van der Waals surface area contributed by atoms with Gasteiger partial charge in [0.15, 0.2) is 0 Å². The third-order valence-corrected chi connectivity index (χ3v) is 7.26. The summed E-state index contributed by atoms with van der Waals surface area (Å²) >= 11 is 0. The summed E-state index contributed by atoms with van der Waals surface area (Å²) in [5, 5.41) is 6.50. The number of hydrogen-bond donors (Lipinski definition) is 2. The van der Waals surface area contributed by atoms with Crippen molar-refractivity contribution in [3.8, 4) is 11.4 Å². The van der Waals surface area contributed by atoms with Gasteiger partial charge in [0.25, 0.3) is 0 Å². The Morgan fingerprint density at radius 3 is 2.61 bits per heavy atom. The van der Waals surface area contributed by atoms with Gasteiger partial charge in [0.05, 0.1) is 35.1 Å². The number of aromatic nitrogens is 2. The third kappa shape index (κ3) is 4.00. The molecular weight excluding hydrogens is 452 g/mol. The smallest absolute Gasteiger partial charge is 0.337 e. The minimum Gasteiger partial charge on any atom is -0.465 e. The van der Waals surface area contributed by atoms with Crippen LogP contribution in [0.2, 0.25) is 0 Å². The van der Waals surface area contributed by atoms with Crippen molar-refractivity contribution in [2.45, 2.75) is 44.2 Å². The summed E-state index contributed by atoms with van der Waals surface area (Å²) in [6.45, 7) is 0. The van der Waals surface area contributed by atoms with Crippen molar-refractivity contribution in [2.75, 3.05) is 17.7 Å². The first-order valence-corrected chi connectivity index (χ1v) is 12.5. The predicted molar refractivity (Wildman–Crippen MR) is 140 cm³/mol. The van der Waals surface area contributed by atoms with Crippen molar-refractivity contribution in [3.63, 3.8) is 0 Å². The monoisotopic (exact) mass is 480 g/mol. The van der Waals surface area contributed by atoms with E-state index >= 15 is 0 Å². The Morgan fingerprint density at radius 2 is 1.83 bits per heavy atom. The van der Waals surface area contributed by atoms with E-state index in [1.54, 1.807) is 12.1 Å². The quantitative estimate of drug-likeness (QED) is 0.364. The summed E-state index contributed by atoms with van der Waals surface area (Å²) in [4.78, 5) is 30.0. The topological polar surface area (TPSA) is 85.2 Å². The summed E-state index contributed by atoms with van der Waals surface area (Å²) in [5.74, 6) is 0.430. The second-order valence-corrected chi connectivity index (χ2v) is 9.58. The van der Waals surface area contributed by atoms with Gasteiger partial charge in [-0.25, -0.2) is 9.78 Å². The third-order valence-electron chi connectivity index (χ3n) is 7.26. The van der Waals surface area contributed by atoms with Gasteiger partial charge in [0.1, 0.15) is 11.9 Å². The largest absolute Gasteiger partial charge is 0.465 e. The van der Waals surface area contributed by atoms with Gasteiger partial charge in [0.2, 0.25) is 5.91 Å². The number of benzene rings is 3. The molecule has 1 saturated carbocycles. The first-order chi connectivity index (χ1) is 17.6. The number of rotatable bonds is 5. The number of amides is 1. The lowest BCUT2D eigenvalue weighted by atomic mass is 10.0. The fraction of sp³-hybridized carbons (Fsp3) is 0.276. The minimum atomic E-state index is -0.374. The van der Waals surface area contributed by atoms with Crippen molar-refractivity contribution in [3.05, 3.63) is 77.9 Å². The Labute approximate surface area is 209 Å². The van der Waals surface area contributed by atoms with E-state index in [4.69, 9.17) is 9.72 Å². The number of fused-ring (bicyclic) bond motifs is 2. The molecule has 7 nitrogen and oxygen atoms in total. The van der Waals surface area contributed by atoms with Crippen molar-refractivity contribution in [1.82, 2.24) is 9.55 Å². The Morgan fingerprint density at radius 1 is 1.03 bits per heavy atom. The number of ether oxygens (including phenoxy) is 1. The Bertz CT molecular complexity index is 1450. The molecule has 4 aromatic rings. The van der Waals surface area contributed by atoms with Crippen LogP contribution in [0.25, 0.3) is 22.4 Å². The molecule has 2 heterocycles. The van der Waals surface area contributed by atoms with E-state index in [0.29, 0.717) is 18.0 Å². The number of carbonyl (C=O) groups is 2. The van der Waals surface area contributed by atoms with Gasteiger partial charge in [-0.3, -0.25) is 4.79 Å². The number of esters is 1. The molecule has 1 atom stereocenters. The molecule has 0 unspecified atom stereocenters. The van der Waals surface area contributed by atoms with Gasteiger partial charge in [-0.15, -0.1) is 0 Å². The van der Waals surface area contributed by atoms with Crippen LogP contribution in [0.1, 0.15) is 47.6 Å². The summed E-state index contributed by atoms with van der Waals surface area (Å²) < 4.78 is 7.21. The van der Waals surface area contributed by atoms with Crippen LogP contribution in [-0.4, -0.2) is 34.6 Å². The van der Waals surface area contributed by atoms with Gasteiger partial charge in [0, 0.05) is 18.0 Å². The van der Waals surface area contributed by atoms with Crippen LogP contribution >= 0.6 is 0 Å². The van der Waals surface area contributed by atoms with Gasteiger partial charge < -0.3 is 19.9 Å². The second kappa shape index (κ2) is 9.15. The highest BCUT2D eigenvalue weighted by Crippen LogP contribution is 2.39. The zero-order valence-electron chi connectivity index (χ0n) is 20.2. The molecule has 36 heavy (non-hydrogen) atoms. The molecule has 2 N–H and O–H groups in total. The molecule has 0 radical (unpaired) electrons. The van der Waals surface area contributed by atoms with E-state index in [2.05, 4.69) is 21.3 Å². The van der Waals surface area contributed by atoms with Crippen LogP contribution < -0.4 is 10.6 Å². The van der Waals surface area contributed by atoms with Gasteiger partial charge in [-0.05, 0) is 54.8 Å². The Balaban J connectivity index is 1.37. The first-order valence-electron chi connectivity index (χ1n) is 12.5. The normalized spacial score (nSPS) is 17.5. The molecule has 0 saturated heterocycles. The van der Waals surface area contributed by atoms with E-state index < -0.39 is 0 Å². The van der Waals surface area contributed by atoms with Crippen molar-refractivity contribution in [1.29, 1.82) is 0 Å². The molecule has 1 amide bonds. The number of carbonyl (C=O) groups excluding carboxylic acids is 2. The highest BCUT2D eigenvalue weighted by Gasteiger charge is 2.28. The molecular formula is C29H28N4O3. The van der Waals surface area contributed by atoms with Gasteiger partial charge in [-0.2, -0.15) is 0 Å². The fourth-order valence-electron chi connectivity index (χ4n) is 5.46. The van der Waals surface area contributed by atoms with Crippen LogP contribution in [0, 0.1) is 0 Å². The molecule has 1 aromatic heterocycles. The van der Waals surface area contributed by atoms with Crippen molar-refractivity contribution >= 4 is 34.3 Å². The Kier molecular flexibility index (Phi) is 5.68. The second-order valence-electron chi connectivity index (χ2n) is 9.58. The molecule has 182 valence electrons. The predicted octanol–water partition coefficient (Wildman–Crippen LogP) is 5.58. The fourth-order valence-corrected chi connectivity index (χ4v) is 5.46. The van der Waals surface area contributed by atoms with Crippen LogP contribution in [0.5, 0.6) is 0 Å². The van der Waals surface area contributed by atoms with Gasteiger partial charge in [-0.1, -0.05) is 43.2 Å². The summed E-state index contributed by atoms with van der Waals surface area (Å²) in [6, 6.07) is 21.7. The highest BCUT2D eigenvalue weighted by atomic mass is 16.5. The van der Waals surface area contributed by atoms with E-state index in [0.717, 1.165) is 52.2 Å². The number of hydrogen-bond acceptors (Lipinski definition) is 5. The number of nitrogens with one attached hydrogen (secondary N) is 2. The molecule has 7 heteroatoms. The zero-order chi connectivity index (χ0) is 24.6. The lowest BCUT2D eigenvalue weighted by Crippen LogP contribution is -2.40. The molecule has 6 rings (SSSR count). The highest BCUT2D eigenvalue weighted by molar-refractivity contribution is 6.04. The summed E-state index contributed by atoms with van der Waals surface area (Å²) in [5.41, 5.74) is 5.95. The first kappa shape index (κ1) is 22.3. The lowest BCUT2D eigenvalue weighted by Gasteiger charge is -2.27. The molecule has 3 aromatic carbocycles. The summed E-state index contributed by atoms with van der Waals surface area (Å²) in [7, 11) is 1.38. The van der Waals surface area contributed by atoms with Crippen LogP contribution in [-0.2, 0) is 16.0 Å². The number of anilines is 2. The maximum absolute atomic E-state index is 12.9. The average molecular weight is 481 g/mol. The van der Waals surface area contributed by atoms with Gasteiger partial charge >= 0.3 is 5.97 Å². The molecule has 1 fully saturated rings. The molecule has 0 spiro atoms. The van der Waals surface area contributed by atoms with E-state index in [9.17, 15) is 9.59 Å². The van der Waals surface area contributed by atoms with Crippen LogP contribution in [0.15, 0.2) is 66.7 Å². The molecule has 1 aliphatic heterocycles. The lowest BCUT2D eigenvalue weighted by molar-refractivity contribution is -0.117. The maximum Gasteiger partial charge on any atom is 0.337 e. The van der Waals surface area contributed by atoms with E-state index in [1.807, 2.05) is 48.5 Å². The maximum atomic E-state index is 12.9. The SMILES string of the molecule is COC(=O)c1ccc2c(c1)nc(-c1ccc3c(c1)NC(=O)[C@H](Cc1ccccc1)N3)n2C1CCCC1. The molecule has 0 bridgehead atoms. The average Bonchev–Trinajstić information content (AvgIpc) is 3.56.